The summed E-state index contributed by atoms with van der Waals surface area (Å²) in [5.74, 6) is 0. The van der Waals surface area contributed by atoms with Crippen molar-refractivity contribution in [2.24, 2.45) is 0 Å². The highest BCUT2D eigenvalue weighted by Gasteiger charge is 2.35. The zero-order valence-electron chi connectivity index (χ0n) is 9.95. The quantitative estimate of drug-likeness (QED) is 0.864. The van der Waals surface area contributed by atoms with E-state index in [0.717, 1.165) is 6.20 Å². The van der Waals surface area contributed by atoms with E-state index in [4.69, 9.17) is 11.6 Å². The lowest BCUT2D eigenvalue weighted by atomic mass is 10.1. The van der Waals surface area contributed by atoms with Crippen molar-refractivity contribution in [2.45, 2.75) is 19.6 Å². The lowest BCUT2D eigenvalue weighted by Crippen LogP contribution is -2.09. The number of hydrogen-bond donors (Lipinski definition) is 0. The third kappa shape index (κ3) is 3.07. The minimum absolute atomic E-state index is 0.264. The molecule has 0 bridgehead atoms. The van der Waals surface area contributed by atoms with E-state index in [1.807, 2.05) is 6.92 Å². The van der Waals surface area contributed by atoms with E-state index < -0.39 is 16.9 Å². The number of alkyl halides is 3. The van der Waals surface area contributed by atoms with Crippen molar-refractivity contribution < 1.29 is 13.2 Å². The highest BCUT2D eigenvalue weighted by molar-refractivity contribution is 6.32. The fraction of sp³-hybridized carbons (Fsp3) is 0.250. The number of aromatic nitrogens is 3. The molecule has 0 aromatic carbocycles. The Morgan fingerprint density at radius 2 is 2.16 bits per heavy atom. The van der Waals surface area contributed by atoms with Gasteiger partial charge in [0.25, 0.3) is 0 Å². The van der Waals surface area contributed by atoms with E-state index in [1.165, 1.54) is 6.07 Å². The summed E-state index contributed by atoms with van der Waals surface area (Å²) in [6.07, 6.45) is 1.36. The van der Waals surface area contributed by atoms with E-state index in [2.05, 4.69) is 10.1 Å². The van der Waals surface area contributed by atoms with Gasteiger partial charge in [0, 0.05) is 25.4 Å². The summed E-state index contributed by atoms with van der Waals surface area (Å²) in [5.41, 5.74) is -0.131. The molecule has 101 valence electrons. The van der Waals surface area contributed by atoms with Crippen LogP contribution in [0.1, 0.15) is 23.7 Å². The lowest BCUT2D eigenvalue weighted by Gasteiger charge is -2.10. The highest BCUT2D eigenvalue weighted by Crippen LogP contribution is 2.35. The van der Waals surface area contributed by atoms with Crippen LogP contribution in [-0.2, 0) is 12.7 Å². The molecule has 2 aromatic rings. The first-order valence-electron chi connectivity index (χ1n) is 5.50. The summed E-state index contributed by atoms with van der Waals surface area (Å²) < 4.78 is 39.6. The Bertz CT molecular complexity index is 578. The van der Waals surface area contributed by atoms with Crippen LogP contribution < -0.4 is 0 Å². The predicted octanol–water partition coefficient (Wildman–Crippen LogP) is 3.57. The number of aryl methyl sites for hydroxylation is 1. The van der Waals surface area contributed by atoms with Crippen LogP contribution in [0, 0.1) is 6.42 Å². The maximum absolute atomic E-state index is 12.6. The molecule has 1 radical (unpaired) electrons. The van der Waals surface area contributed by atoms with Crippen LogP contribution in [0.3, 0.4) is 0 Å². The molecule has 3 nitrogen and oxygen atoms in total. The Labute approximate surface area is 113 Å². The average Bonchev–Trinajstić information content (AvgIpc) is 2.78. The molecule has 2 heterocycles. The van der Waals surface area contributed by atoms with Crippen molar-refractivity contribution in [3.8, 4) is 0 Å². The Morgan fingerprint density at radius 1 is 1.42 bits per heavy atom. The van der Waals surface area contributed by atoms with Gasteiger partial charge in [0.1, 0.15) is 0 Å². The number of pyridine rings is 1. The van der Waals surface area contributed by atoms with Gasteiger partial charge in [-0.15, -0.1) is 0 Å². The van der Waals surface area contributed by atoms with Crippen molar-refractivity contribution in [3.05, 3.63) is 52.9 Å². The Balaban J connectivity index is 2.31. The molecule has 0 aliphatic carbocycles. The van der Waals surface area contributed by atoms with Gasteiger partial charge in [-0.05, 0) is 24.1 Å². The summed E-state index contributed by atoms with van der Waals surface area (Å²) in [7, 11) is 0. The average molecular weight is 289 g/mol. The Kier molecular flexibility index (Phi) is 3.80. The summed E-state index contributed by atoms with van der Waals surface area (Å²) >= 11 is 5.74. The molecule has 2 aromatic heterocycles. The van der Waals surface area contributed by atoms with Crippen molar-refractivity contribution in [1.82, 2.24) is 14.8 Å². The minimum atomic E-state index is -4.56. The van der Waals surface area contributed by atoms with Crippen molar-refractivity contribution in [2.75, 3.05) is 0 Å². The molecule has 0 fully saturated rings. The Morgan fingerprint density at radius 3 is 2.74 bits per heavy atom. The molecular formula is C12H10ClF3N3. The van der Waals surface area contributed by atoms with Gasteiger partial charge >= 0.3 is 6.18 Å². The van der Waals surface area contributed by atoms with Crippen LogP contribution in [0.2, 0.25) is 5.02 Å². The molecule has 19 heavy (non-hydrogen) atoms. The van der Waals surface area contributed by atoms with Gasteiger partial charge in [-0.1, -0.05) is 11.6 Å². The molecule has 0 atom stereocenters. The molecule has 0 spiro atoms. The smallest absolute Gasteiger partial charge is 0.273 e. The van der Waals surface area contributed by atoms with Gasteiger partial charge in [-0.3, -0.25) is 9.67 Å². The Hall–Kier alpha value is -1.56. The molecule has 0 saturated carbocycles. The second kappa shape index (κ2) is 5.21. The normalized spacial score (nSPS) is 11.8. The van der Waals surface area contributed by atoms with Crippen LogP contribution in [0.15, 0.2) is 24.7 Å². The second-order valence-corrected chi connectivity index (χ2v) is 4.21. The number of rotatable bonds is 3. The number of nitrogens with zero attached hydrogens (tertiary/aromatic N) is 3. The molecule has 0 aliphatic heterocycles. The molecule has 0 amide bonds. The highest BCUT2D eigenvalue weighted by atomic mass is 35.5. The molecule has 0 unspecified atom stereocenters. The zero-order valence-corrected chi connectivity index (χ0v) is 10.7. The molecule has 2 rings (SSSR count). The second-order valence-electron chi connectivity index (χ2n) is 3.83. The summed E-state index contributed by atoms with van der Waals surface area (Å²) in [6.45, 7) is 2.60. The lowest BCUT2D eigenvalue weighted by molar-refractivity contribution is -0.141. The predicted molar refractivity (Wildman–Crippen MR) is 64.7 cm³/mol. The zero-order chi connectivity index (χ0) is 14.0. The molecule has 0 aliphatic rings. The first-order chi connectivity index (χ1) is 8.91. The van der Waals surface area contributed by atoms with E-state index in [-0.39, 0.29) is 5.56 Å². The molecular weight excluding hydrogens is 279 g/mol. The molecule has 0 saturated heterocycles. The van der Waals surface area contributed by atoms with Gasteiger partial charge in [0.05, 0.1) is 11.2 Å². The van der Waals surface area contributed by atoms with E-state index in [0.29, 0.717) is 12.1 Å². The van der Waals surface area contributed by atoms with Gasteiger partial charge < -0.3 is 0 Å². The van der Waals surface area contributed by atoms with Gasteiger partial charge in [0.2, 0.25) is 0 Å². The number of halogens is 4. The van der Waals surface area contributed by atoms with E-state index in [1.54, 1.807) is 23.5 Å². The van der Waals surface area contributed by atoms with Gasteiger partial charge in [-0.25, -0.2) is 0 Å². The maximum atomic E-state index is 12.6. The SMILES string of the molecule is CCn1cc([CH]c2ccnc(C(F)(F)F)c2Cl)cn1. The minimum Gasteiger partial charge on any atom is -0.273 e. The summed E-state index contributed by atoms with van der Waals surface area (Å²) in [6, 6.07) is 1.43. The fourth-order valence-corrected chi connectivity index (χ4v) is 1.85. The largest absolute Gasteiger partial charge is 0.434 e. The van der Waals surface area contributed by atoms with Crippen LogP contribution >= 0.6 is 11.6 Å². The molecule has 0 N–H and O–H groups in total. The maximum Gasteiger partial charge on any atom is 0.434 e. The van der Waals surface area contributed by atoms with Crippen molar-refractivity contribution in [3.63, 3.8) is 0 Å². The summed E-state index contributed by atoms with van der Waals surface area (Å²) in [5, 5.41) is 3.63. The van der Waals surface area contributed by atoms with E-state index in [9.17, 15) is 13.2 Å². The molecule has 7 heteroatoms. The van der Waals surface area contributed by atoms with Crippen molar-refractivity contribution >= 4 is 11.6 Å². The van der Waals surface area contributed by atoms with Gasteiger partial charge in [0.15, 0.2) is 5.69 Å². The van der Waals surface area contributed by atoms with Crippen LogP contribution in [0.4, 0.5) is 13.2 Å². The topological polar surface area (TPSA) is 30.7 Å². The van der Waals surface area contributed by atoms with Crippen molar-refractivity contribution in [1.29, 1.82) is 0 Å². The fourth-order valence-electron chi connectivity index (χ4n) is 1.57. The van der Waals surface area contributed by atoms with Gasteiger partial charge in [-0.2, -0.15) is 18.3 Å². The summed E-state index contributed by atoms with van der Waals surface area (Å²) in [4.78, 5) is 3.28. The number of hydrogen-bond acceptors (Lipinski definition) is 2. The monoisotopic (exact) mass is 288 g/mol. The third-order valence-corrected chi connectivity index (χ3v) is 2.88. The van der Waals surface area contributed by atoms with Crippen LogP contribution in [0.25, 0.3) is 0 Å². The standard InChI is InChI=1S/C12H10ClF3N3/c1-2-19-7-8(6-18-19)5-9-3-4-17-11(10(9)13)12(14,15)16/h3-7H,2H2,1H3. The van der Waals surface area contributed by atoms with E-state index >= 15 is 0 Å². The third-order valence-electron chi connectivity index (χ3n) is 2.49. The van der Waals surface area contributed by atoms with Crippen LogP contribution in [-0.4, -0.2) is 14.8 Å². The first-order valence-corrected chi connectivity index (χ1v) is 5.88. The van der Waals surface area contributed by atoms with Crippen LogP contribution in [0.5, 0.6) is 0 Å². The first kappa shape index (κ1) is 13.9.